The van der Waals surface area contributed by atoms with Crippen LogP contribution in [0.5, 0.6) is 0 Å². The highest BCUT2D eigenvalue weighted by atomic mass is 35.5. The van der Waals surface area contributed by atoms with E-state index in [0.717, 1.165) is 0 Å². The van der Waals surface area contributed by atoms with Crippen LogP contribution in [0.25, 0.3) is 0 Å². The summed E-state index contributed by atoms with van der Waals surface area (Å²) < 4.78 is 5.10. The molecular formula is C13H15Cl2NO3. The minimum absolute atomic E-state index is 0.160. The predicted octanol–water partition coefficient (Wildman–Crippen LogP) is 4.54. The van der Waals surface area contributed by atoms with Crippen LogP contribution in [-0.2, 0) is 4.74 Å². The summed E-state index contributed by atoms with van der Waals surface area (Å²) in [6.45, 7) is 6.64. The van der Waals surface area contributed by atoms with Gasteiger partial charge in [0.2, 0.25) is 0 Å². The molecule has 0 aromatic heterocycles. The molecule has 0 heterocycles. The minimum Gasteiger partial charge on any atom is -0.444 e. The Hall–Kier alpha value is -1.26. The smallest absolute Gasteiger partial charge is 0.412 e. The number of hydrogen-bond donors (Lipinski definition) is 1. The predicted molar refractivity (Wildman–Crippen MR) is 76.3 cm³/mol. The SMILES string of the molecule is CC(=O)c1cc(Cl)c(NC(=O)OC(C)(C)C)c(Cl)c1. The second kappa shape index (κ2) is 5.80. The van der Waals surface area contributed by atoms with E-state index in [2.05, 4.69) is 5.32 Å². The molecule has 0 saturated heterocycles. The fraction of sp³-hybridized carbons (Fsp3) is 0.385. The van der Waals surface area contributed by atoms with Crippen molar-refractivity contribution < 1.29 is 14.3 Å². The van der Waals surface area contributed by atoms with Gasteiger partial charge in [-0.1, -0.05) is 23.2 Å². The fourth-order valence-corrected chi connectivity index (χ4v) is 1.88. The summed E-state index contributed by atoms with van der Waals surface area (Å²) in [5, 5.41) is 2.83. The number of nitrogens with one attached hydrogen (secondary N) is 1. The van der Waals surface area contributed by atoms with Gasteiger partial charge in [0.05, 0.1) is 15.7 Å². The first-order valence-corrected chi connectivity index (χ1v) is 6.36. The maximum absolute atomic E-state index is 11.6. The molecule has 0 spiro atoms. The van der Waals surface area contributed by atoms with Gasteiger partial charge in [-0.2, -0.15) is 0 Å². The lowest BCUT2D eigenvalue weighted by Crippen LogP contribution is -2.27. The molecule has 1 rings (SSSR count). The lowest BCUT2D eigenvalue weighted by atomic mass is 10.1. The Morgan fingerprint density at radius 3 is 2.00 bits per heavy atom. The van der Waals surface area contributed by atoms with Crippen molar-refractivity contribution in [2.75, 3.05) is 5.32 Å². The van der Waals surface area contributed by atoms with Gasteiger partial charge in [0.1, 0.15) is 5.60 Å². The summed E-state index contributed by atoms with van der Waals surface area (Å²) in [6, 6.07) is 2.89. The van der Waals surface area contributed by atoms with Gasteiger partial charge in [0, 0.05) is 5.56 Å². The van der Waals surface area contributed by atoms with E-state index in [1.165, 1.54) is 19.1 Å². The van der Waals surface area contributed by atoms with Crippen LogP contribution in [-0.4, -0.2) is 17.5 Å². The molecule has 0 aliphatic heterocycles. The fourth-order valence-electron chi connectivity index (χ4n) is 1.30. The Morgan fingerprint density at radius 1 is 1.16 bits per heavy atom. The normalized spacial score (nSPS) is 11.1. The van der Waals surface area contributed by atoms with Crippen molar-refractivity contribution in [3.8, 4) is 0 Å². The Balaban J connectivity index is 2.97. The lowest BCUT2D eigenvalue weighted by molar-refractivity contribution is 0.0636. The van der Waals surface area contributed by atoms with E-state index in [0.29, 0.717) is 5.56 Å². The topological polar surface area (TPSA) is 55.4 Å². The van der Waals surface area contributed by atoms with Crippen molar-refractivity contribution in [2.45, 2.75) is 33.3 Å². The number of ketones is 1. The van der Waals surface area contributed by atoms with E-state index >= 15 is 0 Å². The average molecular weight is 304 g/mol. The lowest BCUT2D eigenvalue weighted by Gasteiger charge is -2.20. The molecule has 0 radical (unpaired) electrons. The van der Waals surface area contributed by atoms with E-state index in [1.807, 2.05) is 0 Å². The summed E-state index contributed by atoms with van der Waals surface area (Å²) in [5.41, 5.74) is -0.0187. The molecule has 0 fully saturated rings. The van der Waals surface area contributed by atoms with E-state index in [4.69, 9.17) is 27.9 Å². The molecule has 4 nitrogen and oxygen atoms in total. The largest absolute Gasteiger partial charge is 0.444 e. The summed E-state index contributed by atoms with van der Waals surface area (Å²) >= 11 is 12.0. The number of carbonyl (C=O) groups excluding carboxylic acids is 2. The highest BCUT2D eigenvalue weighted by Crippen LogP contribution is 2.32. The first-order chi connectivity index (χ1) is 8.60. The summed E-state index contributed by atoms with van der Waals surface area (Å²) in [4.78, 5) is 22.9. The molecule has 0 bridgehead atoms. The number of anilines is 1. The number of hydrogen-bond acceptors (Lipinski definition) is 3. The Labute approximate surface area is 122 Å². The van der Waals surface area contributed by atoms with Gasteiger partial charge in [-0.3, -0.25) is 10.1 Å². The van der Waals surface area contributed by atoms with Crippen molar-refractivity contribution in [1.29, 1.82) is 0 Å². The van der Waals surface area contributed by atoms with Crippen LogP contribution >= 0.6 is 23.2 Å². The molecule has 0 unspecified atom stereocenters. The number of amides is 1. The number of benzene rings is 1. The second-order valence-electron chi connectivity index (χ2n) is 5.00. The minimum atomic E-state index is -0.660. The standard InChI is InChI=1S/C13H15Cl2NO3/c1-7(17)8-5-9(14)11(10(15)6-8)16-12(18)19-13(2,3)4/h5-6H,1-4H3,(H,16,18). The highest BCUT2D eigenvalue weighted by Gasteiger charge is 2.19. The summed E-state index contributed by atoms with van der Waals surface area (Å²) in [6.07, 6.45) is -0.660. The Morgan fingerprint density at radius 2 is 1.63 bits per heavy atom. The monoisotopic (exact) mass is 303 g/mol. The van der Waals surface area contributed by atoms with Crippen molar-refractivity contribution in [3.05, 3.63) is 27.7 Å². The van der Waals surface area contributed by atoms with Gasteiger partial charge in [-0.05, 0) is 39.8 Å². The molecule has 6 heteroatoms. The first kappa shape index (κ1) is 15.8. The van der Waals surface area contributed by atoms with Crippen molar-refractivity contribution in [1.82, 2.24) is 0 Å². The van der Waals surface area contributed by atoms with Crippen molar-refractivity contribution in [3.63, 3.8) is 0 Å². The zero-order valence-electron chi connectivity index (χ0n) is 11.1. The molecule has 0 saturated carbocycles. The van der Waals surface area contributed by atoms with Crippen LogP contribution in [0.1, 0.15) is 38.1 Å². The van der Waals surface area contributed by atoms with Crippen LogP contribution in [0.15, 0.2) is 12.1 Å². The number of ether oxygens (including phenoxy) is 1. The Bertz CT molecular complexity index is 498. The third-order valence-corrected chi connectivity index (χ3v) is 2.67. The summed E-state index contributed by atoms with van der Waals surface area (Å²) in [7, 11) is 0. The number of carbonyl (C=O) groups is 2. The zero-order chi connectivity index (χ0) is 14.8. The average Bonchev–Trinajstić information content (AvgIpc) is 2.20. The van der Waals surface area contributed by atoms with Gasteiger partial charge in [-0.15, -0.1) is 0 Å². The molecule has 104 valence electrons. The molecule has 1 amide bonds. The third-order valence-electron chi connectivity index (χ3n) is 2.07. The van der Waals surface area contributed by atoms with E-state index in [1.54, 1.807) is 20.8 Å². The Kier molecular flexibility index (Phi) is 4.82. The highest BCUT2D eigenvalue weighted by molar-refractivity contribution is 6.40. The van der Waals surface area contributed by atoms with Gasteiger partial charge < -0.3 is 4.74 Å². The van der Waals surface area contributed by atoms with Crippen LogP contribution in [0.3, 0.4) is 0 Å². The number of halogens is 2. The van der Waals surface area contributed by atoms with E-state index in [-0.39, 0.29) is 21.5 Å². The molecule has 19 heavy (non-hydrogen) atoms. The van der Waals surface area contributed by atoms with Crippen LogP contribution in [0, 0.1) is 0 Å². The first-order valence-electron chi connectivity index (χ1n) is 5.60. The van der Waals surface area contributed by atoms with Gasteiger partial charge in [-0.25, -0.2) is 4.79 Å². The maximum Gasteiger partial charge on any atom is 0.412 e. The van der Waals surface area contributed by atoms with Gasteiger partial charge >= 0.3 is 6.09 Å². The quantitative estimate of drug-likeness (QED) is 0.816. The van der Waals surface area contributed by atoms with Crippen molar-refractivity contribution >= 4 is 40.8 Å². The van der Waals surface area contributed by atoms with Crippen LogP contribution in [0.2, 0.25) is 10.0 Å². The van der Waals surface area contributed by atoms with Crippen LogP contribution < -0.4 is 5.32 Å². The van der Waals surface area contributed by atoms with E-state index in [9.17, 15) is 9.59 Å². The molecule has 0 aliphatic rings. The van der Waals surface area contributed by atoms with Gasteiger partial charge in [0.15, 0.2) is 5.78 Å². The molecule has 0 aliphatic carbocycles. The van der Waals surface area contributed by atoms with Crippen LogP contribution in [0.4, 0.5) is 10.5 Å². The maximum atomic E-state index is 11.6. The molecule has 0 atom stereocenters. The van der Waals surface area contributed by atoms with Gasteiger partial charge in [0.25, 0.3) is 0 Å². The number of rotatable bonds is 2. The zero-order valence-corrected chi connectivity index (χ0v) is 12.6. The van der Waals surface area contributed by atoms with Crippen molar-refractivity contribution in [2.24, 2.45) is 0 Å². The molecule has 1 aromatic rings. The number of Topliss-reactive ketones (excluding diaryl/α,β-unsaturated/α-hetero) is 1. The molecule has 1 N–H and O–H groups in total. The molecule has 1 aromatic carbocycles. The summed E-state index contributed by atoms with van der Waals surface area (Å²) in [5.74, 6) is -0.160. The third kappa shape index (κ3) is 4.73. The van der Waals surface area contributed by atoms with E-state index < -0.39 is 11.7 Å². The molecular weight excluding hydrogens is 289 g/mol. The second-order valence-corrected chi connectivity index (χ2v) is 5.81.